The number of carbonyl (C=O) groups excluding carboxylic acids is 1. The molecule has 4 heteroatoms. The van der Waals surface area contributed by atoms with Gasteiger partial charge in [-0.3, -0.25) is 4.79 Å². The zero-order valence-corrected chi connectivity index (χ0v) is 12.3. The Labute approximate surface area is 123 Å². The van der Waals surface area contributed by atoms with Crippen LogP contribution in [-0.4, -0.2) is 12.5 Å². The summed E-state index contributed by atoms with van der Waals surface area (Å²) in [5.74, 6) is 0.0256. The van der Waals surface area contributed by atoms with Crippen LogP contribution in [-0.2, 0) is 17.9 Å². The first-order chi connectivity index (χ1) is 9.75. The van der Waals surface area contributed by atoms with Crippen molar-refractivity contribution in [3.8, 4) is 0 Å². The van der Waals surface area contributed by atoms with E-state index in [-0.39, 0.29) is 11.8 Å². The van der Waals surface area contributed by atoms with E-state index in [0.717, 1.165) is 12.1 Å². The fourth-order valence-electron chi connectivity index (χ4n) is 2.61. The van der Waals surface area contributed by atoms with Crippen molar-refractivity contribution in [2.24, 2.45) is 0 Å². The molecule has 0 radical (unpaired) electrons. The number of hydrogen-bond acceptors (Lipinski definition) is 3. The molecule has 0 spiro atoms. The molecule has 3 rings (SSSR count). The third-order valence-electron chi connectivity index (χ3n) is 3.80. The first-order valence-electron chi connectivity index (χ1n) is 6.85. The standard InChI is InChI=1S/C16H18N2OS/c1-11-6-7-20-15(11)10-18-16(19)14-9-17-8-12-4-2-3-5-13(12)14/h2-7,14,17H,8-10H2,1H3,(H,18,19). The Bertz CT molecular complexity index is 620. The van der Waals surface area contributed by atoms with Crippen molar-refractivity contribution >= 4 is 17.2 Å². The predicted molar refractivity (Wildman–Crippen MR) is 81.8 cm³/mol. The Hall–Kier alpha value is -1.65. The molecular formula is C16H18N2OS. The van der Waals surface area contributed by atoms with E-state index in [4.69, 9.17) is 0 Å². The summed E-state index contributed by atoms with van der Waals surface area (Å²) in [7, 11) is 0. The van der Waals surface area contributed by atoms with Crippen LogP contribution in [0.3, 0.4) is 0 Å². The summed E-state index contributed by atoms with van der Waals surface area (Å²) in [5.41, 5.74) is 3.63. The van der Waals surface area contributed by atoms with E-state index >= 15 is 0 Å². The van der Waals surface area contributed by atoms with E-state index in [2.05, 4.69) is 41.1 Å². The predicted octanol–water partition coefficient (Wildman–Crippen LogP) is 2.56. The highest BCUT2D eigenvalue weighted by Crippen LogP contribution is 2.24. The summed E-state index contributed by atoms with van der Waals surface area (Å²) in [6.45, 7) is 4.27. The summed E-state index contributed by atoms with van der Waals surface area (Å²) in [4.78, 5) is 13.7. The van der Waals surface area contributed by atoms with Crippen molar-refractivity contribution < 1.29 is 4.79 Å². The molecule has 1 aliphatic heterocycles. The van der Waals surface area contributed by atoms with Gasteiger partial charge in [0.1, 0.15) is 0 Å². The molecule has 1 unspecified atom stereocenters. The zero-order valence-electron chi connectivity index (χ0n) is 11.5. The molecule has 3 nitrogen and oxygen atoms in total. The number of thiophene rings is 1. The average molecular weight is 286 g/mol. The molecule has 2 heterocycles. The van der Waals surface area contributed by atoms with E-state index in [1.54, 1.807) is 11.3 Å². The van der Waals surface area contributed by atoms with Crippen LogP contribution in [0.15, 0.2) is 35.7 Å². The van der Waals surface area contributed by atoms with Gasteiger partial charge in [-0.25, -0.2) is 0 Å². The van der Waals surface area contributed by atoms with Gasteiger partial charge in [0, 0.05) is 18.0 Å². The number of nitrogens with one attached hydrogen (secondary N) is 2. The van der Waals surface area contributed by atoms with Gasteiger partial charge in [0.05, 0.1) is 12.5 Å². The van der Waals surface area contributed by atoms with Crippen molar-refractivity contribution in [2.75, 3.05) is 6.54 Å². The Kier molecular flexibility index (Phi) is 3.85. The van der Waals surface area contributed by atoms with Crippen LogP contribution in [0.1, 0.15) is 27.5 Å². The van der Waals surface area contributed by atoms with Crippen molar-refractivity contribution in [2.45, 2.75) is 25.9 Å². The summed E-state index contributed by atoms with van der Waals surface area (Å²) >= 11 is 1.69. The molecule has 1 atom stereocenters. The molecule has 1 aromatic carbocycles. The highest BCUT2D eigenvalue weighted by atomic mass is 32.1. The van der Waals surface area contributed by atoms with Gasteiger partial charge in [-0.2, -0.15) is 0 Å². The highest BCUT2D eigenvalue weighted by Gasteiger charge is 2.25. The second kappa shape index (κ2) is 5.77. The maximum absolute atomic E-state index is 12.4. The van der Waals surface area contributed by atoms with Crippen molar-refractivity contribution in [3.05, 3.63) is 57.3 Å². The van der Waals surface area contributed by atoms with Gasteiger partial charge in [0.15, 0.2) is 0 Å². The highest BCUT2D eigenvalue weighted by molar-refractivity contribution is 7.10. The van der Waals surface area contributed by atoms with Gasteiger partial charge in [-0.15, -0.1) is 11.3 Å². The molecule has 1 aliphatic rings. The lowest BCUT2D eigenvalue weighted by Gasteiger charge is -2.25. The largest absolute Gasteiger partial charge is 0.351 e. The first-order valence-corrected chi connectivity index (χ1v) is 7.73. The molecule has 20 heavy (non-hydrogen) atoms. The number of rotatable bonds is 3. The monoisotopic (exact) mass is 286 g/mol. The summed E-state index contributed by atoms with van der Waals surface area (Å²) in [5, 5.41) is 8.45. The second-order valence-corrected chi connectivity index (χ2v) is 6.13. The molecule has 0 aliphatic carbocycles. The van der Waals surface area contributed by atoms with Crippen LogP contribution in [0, 0.1) is 6.92 Å². The van der Waals surface area contributed by atoms with E-state index in [1.165, 1.54) is 16.0 Å². The van der Waals surface area contributed by atoms with Gasteiger partial charge in [-0.05, 0) is 35.1 Å². The van der Waals surface area contributed by atoms with Crippen molar-refractivity contribution in [1.29, 1.82) is 0 Å². The lowest BCUT2D eigenvalue weighted by Crippen LogP contribution is -2.38. The molecule has 1 amide bonds. The molecule has 2 aromatic rings. The van der Waals surface area contributed by atoms with Gasteiger partial charge < -0.3 is 10.6 Å². The van der Waals surface area contributed by atoms with Crippen LogP contribution in [0.5, 0.6) is 0 Å². The van der Waals surface area contributed by atoms with E-state index < -0.39 is 0 Å². The van der Waals surface area contributed by atoms with Crippen LogP contribution in [0.25, 0.3) is 0 Å². The summed E-state index contributed by atoms with van der Waals surface area (Å²) in [6.07, 6.45) is 0. The van der Waals surface area contributed by atoms with Gasteiger partial charge in [0.2, 0.25) is 5.91 Å². The molecule has 0 saturated heterocycles. The quantitative estimate of drug-likeness (QED) is 0.910. The van der Waals surface area contributed by atoms with Crippen molar-refractivity contribution in [1.82, 2.24) is 10.6 Å². The van der Waals surface area contributed by atoms with Crippen LogP contribution in [0.4, 0.5) is 0 Å². The lowest BCUT2D eigenvalue weighted by molar-refractivity contribution is -0.122. The topological polar surface area (TPSA) is 41.1 Å². The number of carbonyl (C=O) groups is 1. The molecule has 104 valence electrons. The third-order valence-corrected chi connectivity index (χ3v) is 4.83. The first kappa shape index (κ1) is 13.3. The fraction of sp³-hybridized carbons (Fsp3) is 0.312. The maximum Gasteiger partial charge on any atom is 0.229 e. The molecular weight excluding hydrogens is 268 g/mol. The summed E-state index contributed by atoms with van der Waals surface area (Å²) < 4.78 is 0. The Balaban J connectivity index is 1.71. The van der Waals surface area contributed by atoms with E-state index in [9.17, 15) is 4.79 Å². The van der Waals surface area contributed by atoms with E-state index in [1.807, 2.05) is 12.1 Å². The SMILES string of the molecule is Cc1ccsc1CNC(=O)C1CNCc2ccccc21. The second-order valence-electron chi connectivity index (χ2n) is 5.13. The minimum atomic E-state index is -0.0831. The molecule has 2 N–H and O–H groups in total. The molecule has 0 saturated carbocycles. The maximum atomic E-state index is 12.4. The molecule has 1 aromatic heterocycles. The van der Waals surface area contributed by atoms with Gasteiger partial charge in [0.25, 0.3) is 0 Å². The van der Waals surface area contributed by atoms with Crippen LogP contribution < -0.4 is 10.6 Å². The van der Waals surface area contributed by atoms with Crippen LogP contribution >= 0.6 is 11.3 Å². The Morgan fingerprint density at radius 1 is 1.40 bits per heavy atom. The minimum absolute atomic E-state index is 0.0831. The third kappa shape index (κ3) is 2.62. The number of aryl methyl sites for hydroxylation is 1. The van der Waals surface area contributed by atoms with Gasteiger partial charge >= 0.3 is 0 Å². The Morgan fingerprint density at radius 3 is 3.05 bits per heavy atom. The zero-order chi connectivity index (χ0) is 13.9. The summed E-state index contributed by atoms with van der Waals surface area (Å²) in [6, 6.07) is 10.3. The molecule has 0 bridgehead atoms. The number of fused-ring (bicyclic) bond motifs is 1. The van der Waals surface area contributed by atoms with Crippen molar-refractivity contribution in [3.63, 3.8) is 0 Å². The number of benzene rings is 1. The number of amides is 1. The van der Waals surface area contributed by atoms with E-state index in [0.29, 0.717) is 13.1 Å². The average Bonchev–Trinajstić information content (AvgIpc) is 2.89. The fourth-order valence-corrected chi connectivity index (χ4v) is 3.45. The smallest absolute Gasteiger partial charge is 0.229 e. The normalized spacial score (nSPS) is 17.6. The van der Waals surface area contributed by atoms with Crippen LogP contribution in [0.2, 0.25) is 0 Å². The Morgan fingerprint density at radius 2 is 2.25 bits per heavy atom. The number of hydrogen-bond donors (Lipinski definition) is 2. The molecule has 0 fully saturated rings. The minimum Gasteiger partial charge on any atom is -0.351 e. The lowest BCUT2D eigenvalue weighted by atomic mass is 9.90. The van der Waals surface area contributed by atoms with Gasteiger partial charge in [-0.1, -0.05) is 24.3 Å².